The molecule has 0 spiro atoms. The van der Waals surface area contributed by atoms with Gasteiger partial charge in [-0.25, -0.2) is 4.98 Å². The van der Waals surface area contributed by atoms with Gasteiger partial charge in [-0.1, -0.05) is 100 Å². The number of amides is 17. The molecular formula is C87H120N24O18S. The molecule has 0 aliphatic carbocycles. The van der Waals surface area contributed by atoms with Gasteiger partial charge >= 0.3 is 0 Å². The smallest absolute Gasteiger partial charge is 0.246 e. The first-order valence-electron chi connectivity index (χ1n) is 43.4. The third-order valence-corrected chi connectivity index (χ3v) is 24.1. The van der Waals surface area contributed by atoms with E-state index in [4.69, 9.17) is 22.6 Å². The Kier molecular flexibility index (Phi) is 37.1. The Morgan fingerprint density at radius 3 is 1.66 bits per heavy atom. The number of H-pyrrole nitrogens is 3. The van der Waals surface area contributed by atoms with Crippen molar-refractivity contribution in [3.05, 3.63) is 126 Å². The van der Waals surface area contributed by atoms with Crippen LogP contribution in [0.4, 0.5) is 0 Å². The highest BCUT2D eigenvalue weighted by atomic mass is 32.2. The molecule has 6 heterocycles. The Morgan fingerprint density at radius 1 is 0.546 bits per heavy atom. The molecule has 43 heteroatoms. The van der Waals surface area contributed by atoms with Crippen molar-refractivity contribution in [2.75, 3.05) is 72.0 Å². The van der Waals surface area contributed by atoms with E-state index >= 15 is 19.2 Å². The van der Waals surface area contributed by atoms with Gasteiger partial charge in [-0.15, -0.1) is 11.8 Å². The maximum Gasteiger partial charge on any atom is 0.246 e. The lowest BCUT2D eigenvalue weighted by Crippen LogP contribution is -2.61. The summed E-state index contributed by atoms with van der Waals surface area (Å²) in [4.78, 5) is 266. The molecule has 130 heavy (non-hydrogen) atoms. The Morgan fingerprint density at radius 2 is 1.08 bits per heavy atom. The van der Waals surface area contributed by atoms with E-state index in [0.29, 0.717) is 57.0 Å². The van der Waals surface area contributed by atoms with Crippen LogP contribution in [0.25, 0.3) is 21.8 Å². The third kappa shape index (κ3) is 28.0. The lowest BCUT2D eigenvalue weighted by Gasteiger charge is -2.35. The first kappa shape index (κ1) is 100. The van der Waals surface area contributed by atoms with Gasteiger partial charge < -0.3 is 120 Å². The number of rotatable bonds is 23. The van der Waals surface area contributed by atoms with Crippen molar-refractivity contribution in [1.29, 1.82) is 5.41 Å². The number of nitrogens with two attached hydrogens (primary N) is 3. The zero-order valence-electron chi connectivity index (χ0n) is 73.9. The molecule has 9 rings (SSSR count). The second-order valence-electron chi connectivity index (χ2n) is 33.2. The van der Waals surface area contributed by atoms with Crippen LogP contribution < -0.4 is 75.7 Å². The molecule has 6 aromatic rings. The largest absolute Gasteiger partial charge is 0.394 e. The van der Waals surface area contributed by atoms with Gasteiger partial charge in [0.1, 0.15) is 78.5 Å². The van der Waals surface area contributed by atoms with E-state index in [1.54, 1.807) is 105 Å². The van der Waals surface area contributed by atoms with Crippen molar-refractivity contribution >= 4 is 140 Å². The average molecular weight is 1820 g/mol. The molecule has 3 aromatic heterocycles. The van der Waals surface area contributed by atoms with E-state index in [1.165, 1.54) is 50.4 Å². The van der Waals surface area contributed by atoms with Crippen molar-refractivity contribution in [3.63, 3.8) is 0 Å². The van der Waals surface area contributed by atoms with Crippen LogP contribution >= 0.6 is 11.8 Å². The van der Waals surface area contributed by atoms with Crippen LogP contribution in [-0.2, 0) is 107 Å². The highest BCUT2D eigenvalue weighted by Gasteiger charge is 2.45. The minimum atomic E-state index is -1.84. The summed E-state index contributed by atoms with van der Waals surface area (Å²) >= 11 is 0.798. The summed E-state index contributed by atoms with van der Waals surface area (Å²) < 4.78 is 0. The molecule has 13 atom stereocenters. The molecule has 3 aliphatic rings. The van der Waals surface area contributed by atoms with Crippen LogP contribution in [-0.4, -0.2) is 306 Å². The SMILES string of the molecule is CCCC[C@H]1C(=O)N2CCC[C@@H]2C(=O)N[C@@H](CCCNC(=N)N)C(=O)N[C@H](C(=O)NCC(N)=O)CSCC(=O)N[C@@H](Cc2ccccc2)C(=O)N(C)[C@@H](C)C(=O)N[C@@H](CC(N)=O)C(=O)N2CCC[C@H]2C(=O)N[C@@H](Cc2cnc[nH]2)C(=O)N[C@@H](CC(C)C)C(=O)N(C)CC(=O)N[C@@H](Cc2c[nH]c3ccccc23)C(=O)N[C@@H](CO)C(=O)N[C@@H](Cc2c[nH]c3ccccc23)C(=O)N1C. The summed E-state index contributed by atoms with van der Waals surface area (Å²) in [6.45, 7) is 4.11. The number of guanidine groups is 1. The van der Waals surface area contributed by atoms with Crippen LogP contribution in [0.5, 0.6) is 0 Å². The van der Waals surface area contributed by atoms with Gasteiger partial charge in [0.05, 0.1) is 38.2 Å². The fraction of sp³-hybridized carbons (Fsp3) is 0.506. The summed E-state index contributed by atoms with van der Waals surface area (Å²) in [6.07, 6.45) is 5.62. The highest BCUT2D eigenvalue weighted by Crippen LogP contribution is 2.27. The van der Waals surface area contributed by atoms with Gasteiger partial charge in [-0.3, -0.25) is 86.9 Å². The molecule has 702 valence electrons. The molecule has 0 saturated carbocycles. The zero-order valence-corrected chi connectivity index (χ0v) is 74.7. The fourth-order valence-electron chi connectivity index (χ4n) is 16.0. The number of aliphatic hydroxyl groups is 1. The standard InChI is InChI=1S/C87H120N24O18S/c1-8-9-27-69-86(129)111-32-19-29-68(111)80(123)100-58(26-17-30-93-87(90)91)76(119)106-66(75(118)96-42-71(89)114)45-130-46-73(116)99-62(34-50-20-11-10-12-21-50)83(126)108(6)49(4)74(117)102-64(38-70(88)113)85(128)110-31-18-28-67(110)81(124)101-60(37-53-41-92-47-97-53)78(121)103-61(33-48(2)3)82(125)107(5)43-72(115)98-59(35-51-39-94-56-24-15-13-22-54(51)56)77(120)105-65(44-112)79(122)104-63(84(127)109(69)7)36-52-40-95-57-25-16-14-23-55(52)57/h10-16,20-25,39-41,47-49,58-69,94-95,112H,8-9,17-19,26-38,42-46H2,1-7H3,(H2,88,113)(H2,89,114)(H,92,97)(H,96,118)(H,98,115)(H,99,116)(H,100,123)(H,101,124)(H,102,117)(H,103,121)(H,104,122)(H,105,120)(H,106,119)(H4,90,91,93)/t49-,58-,59-,60-,61-,62-,63-,64-,65-,66-,67-,68+,69-/m0/s1. The number of benzene rings is 3. The Balaban J connectivity index is 1.07. The molecule has 3 aliphatic heterocycles. The molecule has 17 amide bonds. The van der Waals surface area contributed by atoms with Crippen molar-refractivity contribution in [2.45, 2.75) is 203 Å². The number of primary amides is 2. The number of imidazole rings is 1. The van der Waals surface area contributed by atoms with E-state index in [0.717, 1.165) is 26.5 Å². The predicted octanol–water partition coefficient (Wildman–Crippen LogP) is -3.16. The minimum absolute atomic E-state index is 0.00937. The van der Waals surface area contributed by atoms with Crippen LogP contribution in [0.15, 0.2) is 104 Å². The summed E-state index contributed by atoms with van der Waals surface area (Å²) in [7, 11) is 3.90. The van der Waals surface area contributed by atoms with E-state index in [9.17, 15) is 67.4 Å². The van der Waals surface area contributed by atoms with E-state index < -0.39 is 223 Å². The Bertz CT molecular complexity index is 5050. The van der Waals surface area contributed by atoms with E-state index in [-0.39, 0.29) is 103 Å². The number of hydrogen-bond donors (Lipinski definition) is 19. The molecular weight excluding hydrogens is 1700 g/mol. The van der Waals surface area contributed by atoms with Gasteiger partial charge in [-0.05, 0) is 93.0 Å². The first-order valence-corrected chi connectivity index (χ1v) is 44.5. The molecule has 3 aromatic carbocycles. The van der Waals surface area contributed by atoms with Gasteiger partial charge in [0.15, 0.2) is 5.96 Å². The molecule has 0 radical (unpaired) electrons. The summed E-state index contributed by atoms with van der Waals surface area (Å²) in [5.41, 5.74) is 20.0. The van der Waals surface area contributed by atoms with Crippen molar-refractivity contribution in [1.82, 2.24) is 103 Å². The van der Waals surface area contributed by atoms with Gasteiger partial charge in [0, 0.05) is 118 Å². The van der Waals surface area contributed by atoms with Crippen LogP contribution in [0.2, 0.25) is 0 Å². The number of fused-ring (bicyclic) bond motifs is 4. The van der Waals surface area contributed by atoms with E-state index in [2.05, 4.69) is 78.4 Å². The van der Waals surface area contributed by atoms with Crippen molar-refractivity contribution in [2.24, 2.45) is 23.1 Å². The lowest BCUT2D eigenvalue weighted by molar-refractivity contribution is -0.149. The number of nitrogens with one attached hydrogen (secondary N) is 15. The summed E-state index contributed by atoms with van der Waals surface area (Å²) in [5.74, 6) is -16.9. The highest BCUT2D eigenvalue weighted by molar-refractivity contribution is 8.00. The van der Waals surface area contributed by atoms with Gasteiger partial charge in [-0.2, -0.15) is 0 Å². The van der Waals surface area contributed by atoms with Gasteiger partial charge in [0.25, 0.3) is 0 Å². The number of aromatic amines is 3. The number of unbranched alkanes of at least 4 members (excludes halogenated alkanes) is 1. The molecule has 22 N–H and O–H groups in total. The summed E-state index contributed by atoms with van der Waals surface area (Å²) in [5, 5.41) is 49.3. The number of thioether (sulfide) groups is 1. The van der Waals surface area contributed by atoms with Crippen LogP contribution in [0.3, 0.4) is 0 Å². The average Bonchev–Trinajstić information content (AvgIpc) is 1.11. The topological polar surface area (TPSA) is 621 Å². The number of likely N-dealkylation sites (N-methyl/N-ethyl adjacent to an activating group) is 3. The number of carbonyl (C=O) groups is 17. The normalized spacial score (nSPS) is 24.1. The number of aliphatic hydroxyl groups excluding tert-OH is 1. The van der Waals surface area contributed by atoms with E-state index in [1.807, 2.05) is 6.92 Å². The number of para-hydroxylation sites is 2. The second-order valence-corrected chi connectivity index (χ2v) is 34.3. The zero-order chi connectivity index (χ0) is 94.6. The molecule has 0 bridgehead atoms. The minimum Gasteiger partial charge on any atom is -0.394 e. The monoisotopic (exact) mass is 1820 g/mol. The fourth-order valence-corrected chi connectivity index (χ4v) is 16.9. The van der Waals surface area contributed by atoms with Gasteiger partial charge in [0.2, 0.25) is 100 Å². The Labute approximate surface area is 755 Å². The number of hydrogen-bond acceptors (Lipinski definition) is 21. The molecule has 3 fully saturated rings. The van der Waals surface area contributed by atoms with Crippen LogP contribution in [0, 0.1) is 11.3 Å². The number of nitrogens with zero attached hydrogens (tertiary/aromatic N) is 6. The Hall–Kier alpha value is -13.5. The van der Waals surface area contributed by atoms with Crippen LogP contribution in [0.1, 0.15) is 121 Å². The molecule has 3 saturated heterocycles. The maximum atomic E-state index is 15.6. The van der Waals surface area contributed by atoms with Crippen molar-refractivity contribution < 1.29 is 86.6 Å². The molecule has 42 nitrogen and oxygen atoms in total. The first-order chi connectivity index (χ1) is 62.0. The quantitative estimate of drug-likeness (QED) is 0.0171. The maximum absolute atomic E-state index is 15.6. The predicted molar refractivity (Wildman–Crippen MR) is 478 cm³/mol. The second kappa shape index (κ2) is 48.1. The number of aromatic nitrogens is 4. The molecule has 0 unspecified atom stereocenters. The third-order valence-electron chi connectivity index (χ3n) is 23.0. The lowest BCUT2D eigenvalue weighted by atomic mass is 10.0. The number of carbonyl (C=O) groups excluding carboxylic acids is 17. The van der Waals surface area contributed by atoms with Crippen molar-refractivity contribution in [3.8, 4) is 0 Å². The summed E-state index contributed by atoms with van der Waals surface area (Å²) in [6, 6.07) is 3.14.